The van der Waals surface area contributed by atoms with E-state index in [-0.39, 0.29) is 24.3 Å². The van der Waals surface area contributed by atoms with Crippen molar-refractivity contribution in [1.82, 2.24) is 9.97 Å². The Morgan fingerprint density at radius 1 is 1.28 bits per heavy atom. The first-order valence-electron chi connectivity index (χ1n) is 6.14. The third-order valence-corrected chi connectivity index (χ3v) is 4.43. The molecule has 0 radical (unpaired) electrons. The second kappa shape index (κ2) is 4.11. The fraction of sp³-hybridized carbons (Fsp3) is 0.667. The van der Waals surface area contributed by atoms with Gasteiger partial charge in [0.1, 0.15) is 10.3 Å². The average Bonchev–Trinajstić information content (AvgIpc) is 3.07. The Kier molecular flexibility index (Phi) is 2.80. The highest BCUT2D eigenvalue weighted by atomic mass is 79.9. The summed E-state index contributed by atoms with van der Waals surface area (Å²) >= 11 is 3.23. The maximum Gasteiger partial charge on any atom is 0.265 e. The predicted octanol–water partition coefficient (Wildman–Crippen LogP) is 3.31. The summed E-state index contributed by atoms with van der Waals surface area (Å²) in [6.45, 7) is 0. The molecule has 98 valence electrons. The molecule has 1 unspecified atom stereocenters. The predicted molar refractivity (Wildman–Crippen MR) is 66.1 cm³/mol. The smallest absolute Gasteiger partial charge is 0.265 e. The molecule has 0 aromatic carbocycles. The Morgan fingerprint density at radius 2 is 2.00 bits per heavy atom. The molecule has 6 heteroatoms. The molecule has 0 amide bonds. The number of nitrogens with zero attached hydrogens (tertiary/aromatic N) is 1. The van der Waals surface area contributed by atoms with Gasteiger partial charge in [-0.15, -0.1) is 0 Å². The van der Waals surface area contributed by atoms with Gasteiger partial charge in [0.25, 0.3) is 5.56 Å². The van der Waals surface area contributed by atoms with Gasteiger partial charge in [-0.25, -0.2) is 13.8 Å². The minimum Gasteiger partial charge on any atom is -0.309 e. The number of H-pyrrole nitrogens is 1. The van der Waals surface area contributed by atoms with Crippen LogP contribution in [0.15, 0.2) is 9.27 Å². The number of rotatable bonds is 2. The topological polar surface area (TPSA) is 45.8 Å². The van der Waals surface area contributed by atoms with E-state index in [0.29, 0.717) is 22.6 Å². The van der Waals surface area contributed by atoms with Gasteiger partial charge >= 0.3 is 0 Å². The van der Waals surface area contributed by atoms with Crippen LogP contribution in [0, 0.1) is 0 Å². The molecule has 0 spiro atoms. The molecular weight excluding hydrogens is 306 g/mol. The summed E-state index contributed by atoms with van der Waals surface area (Å²) in [4.78, 5) is 18.8. The van der Waals surface area contributed by atoms with Crippen molar-refractivity contribution >= 4 is 15.9 Å². The van der Waals surface area contributed by atoms with Gasteiger partial charge in [-0.3, -0.25) is 4.79 Å². The standard InChI is InChI=1S/C12H13BrF2N2O/c13-8-9(6-1-2-6)16-10(17-11(8)18)7-3-4-12(14,15)5-7/h6-7H,1-5H2,(H,16,17,18). The van der Waals surface area contributed by atoms with Crippen LogP contribution < -0.4 is 5.56 Å². The summed E-state index contributed by atoms with van der Waals surface area (Å²) in [6.07, 6.45) is 2.12. The quantitative estimate of drug-likeness (QED) is 0.909. The molecule has 18 heavy (non-hydrogen) atoms. The Labute approximate surface area is 111 Å². The van der Waals surface area contributed by atoms with E-state index in [1.54, 1.807) is 0 Å². The molecule has 0 saturated heterocycles. The van der Waals surface area contributed by atoms with E-state index in [2.05, 4.69) is 25.9 Å². The highest BCUT2D eigenvalue weighted by Gasteiger charge is 2.41. The van der Waals surface area contributed by atoms with E-state index < -0.39 is 5.92 Å². The van der Waals surface area contributed by atoms with Gasteiger partial charge in [-0.05, 0) is 35.2 Å². The van der Waals surface area contributed by atoms with E-state index in [1.165, 1.54) is 0 Å². The van der Waals surface area contributed by atoms with Gasteiger partial charge in [0.15, 0.2) is 0 Å². The number of halogens is 3. The number of aromatic amines is 1. The second-order valence-corrected chi connectivity index (χ2v) is 6.01. The lowest BCUT2D eigenvalue weighted by molar-refractivity contribution is 0.00752. The number of aromatic nitrogens is 2. The van der Waals surface area contributed by atoms with Crippen LogP contribution in [0.4, 0.5) is 8.78 Å². The Bertz CT molecular complexity index is 539. The number of hydrogen-bond acceptors (Lipinski definition) is 2. The molecule has 2 saturated carbocycles. The Balaban J connectivity index is 1.95. The molecule has 1 aromatic heterocycles. The van der Waals surface area contributed by atoms with Crippen molar-refractivity contribution in [2.24, 2.45) is 0 Å². The van der Waals surface area contributed by atoms with Crippen molar-refractivity contribution < 1.29 is 8.78 Å². The van der Waals surface area contributed by atoms with Gasteiger partial charge in [0.05, 0.1) is 5.69 Å². The molecule has 0 aliphatic heterocycles. The van der Waals surface area contributed by atoms with Crippen LogP contribution in [-0.4, -0.2) is 15.9 Å². The summed E-state index contributed by atoms with van der Waals surface area (Å²) in [7, 11) is 0. The summed E-state index contributed by atoms with van der Waals surface area (Å²) in [5.41, 5.74) is 0.487. The molecule has 1 heterocycles. The SMILES string of the molecule is O=c1[nH]c(C2CCC(F)(F)C2)nc(C2CC2)c1Br. The molecular formula is C12H13BrF2N2O. The summed E-state index contributed by atoms with van der Waals surface area (Å²) in [5, 5.41) is 0. The van der Waals surface area contributed by atoms with Crippen molar-refractivity contribution in [2.45, 2.75) is 49.9 Å². The minimum absolute atomic E-state index is 0.115. The molecule has 2 aliphatic carbocycles. The zero-order valence-electron chi connectivity index (χ0n) is 9.68. The van der Waals surface area contributed by atoms with E-state index in [0.717, 1.165) is 18.5 Å². The molecule has 2 aliphatic rings. The molecule has 1 N–H and O–H groups in total. The van der Waals surface area contributed by atoms with E-state index in [4.69, 9.17) is 0 Å². The zero-order valence-corrected chi connectivity index (χ0v) is 11.3. The normalized spacial score (nSPS) is 26.5. The van der Waals surface area contributed by atoms with Crippen molar-refractivity contribution in [1.29, 1.82) is 0 Å². The molecule has 1 aromatic rings. The van der Waals surface area contributed by atoms with Crippen molar-refractivity contribution in [3.05, 3.63) is 26.3 Å². The van der Waals surface area contributed by atoms with E-state index >= 15 is 0 Å². The molecule has 0 bridgehead atoms. The lowest BCUT2D eigenvalue weighted by Gasteiger charge is -2.12. The summed E-state index contributed by atoms with van der Waals surface area (Å²) in [5.74, 6) is -2.18. The number of alkyl halides is 2. The van der Waals surface area contributed by atoms with Gasteiger partial charge in [0, 0.05) is 24.7 Å². The van der Waals surface area contributed by atoms with Crippen LogP contribution in [-0.2, 0) is 0 Å². The van der Waals surface area contributed by atoms with Crippen LogP contribution in [0.2, 0.25) is 0 Å². The number of nitrogens with one attached hydrogen (secondary N) is 1. The Morgan fingerprint density at radius 3 is 2.56 bits per heavy atom. The fourth-order valence-electron chi connectivity index (χ4n) is 2.50. The maximum absolute atomic E-state index is 13.2. The molecule has 3 nitrogen and oxygen atoms in total. The highest BCUT2D eigenvalue weighted by molar-refractivity contribution is 9.10. The van der Waals surface area contributed by atoms with Crippen LogP contribution >= 0.6 is 15.9 Å². The van der Waals surface area contributed by atoms with Gasteiger partial charge in [-0.2, -0.15) is 0 Å². The average molecular weight is 319 g/mol. The second-order valence-electron chi connectivity index (χ2n) is 5.22. The highest BCUT2D eigenvalue weighted by Crippen LogP contribution is 2.45. The first-order valence-corrected chi connectivity index (χ1v) is 6.93. The monoisotopic (exact) mass is 318 g/mol. The number of hydrogen-bond donors (Lipinski definition) is 1. The third-order valence-electron chi connectivity index (χ3n) is 3.66. The molecule has 2 fully saturated rings. The van der Waals surface area contributed by atoms with Crippen LogP contribution in [0.3, 0.4) is 0 Å². The first-order chi connectivity index (χ1) is 8.46. The van der Waals surface area contributed by atoms with Crippen LogP contribution in [0.5, 0.6) is 0 Å². The van der Waals surface area contributed by atoms with E-state index in [9.17, 15) is 13.6 Å². The van der Waals surface area contributed by atoms with Crippen molar-refractivity contribution in [3.63, 3.8) is 0 Å². The van der Waals surface area contributed by atoms with Gasteiger partial charge in [0.2, 0.25) is 5.92 Å². The fourth-order valence-corrected chi connectivity index (χ4v) is 3.01. The molecule has 1 atom stereocenters. The van der Waals surface area contributed by atoms with Gasteiger partial charge < -0.3 is 4.98 Å². The van der Waals surface area contributed by atoms with E-state index in [1.807, 2.05) is 0 Å². The van der Waals surface area contributed by atoms with Gasteiger partial charge in [-0.1, -0.05) is 0 Å². The van der Waals surface area contributed by atoms with Crippen molar-refractivity contribution in [2.75, 3.05) is 0 Å². The largest absolute Gasteiger partial charge is 0.309 e. The van der Waals surface area contributed by atoms with Crippen LogP contribution in [0.1, 0.15) is 55.5 Å². The lowest BCUT2D eigenvalue weighted by Crippen LogP contribution is -2.18. The zero-order chi connectivity index (χ0) is 12.9. The van der Waals surface area contributed by atoms with Crippen molar-refractivity contribution in [3.8, 4) is 0 Å². The third kappa shape index (κ3) is 2.22. The maximum atomic E-state index is 13.2. The summed E-state index contributed by atoms with van der Waals surface area (Å²) in [6, 6.07) is 0. The minimum atomic E-state index is -2.62. The lowest BCUT2D eigenvalue weighted by atomic mass is 10.1. The Hall–Kier alpha value is -0.780. The first kappa shape index (κ1) is 12.3. The molecule has 3 rings (SSSR count). The summed E-state index contributed by atoms with van der Waals surface area (Å²) < 4.78 is 26.9. The van der Waals surface area contributed by atoms with Crippen LogP contribution in [0.25, 0.3) is 0 Å².